The summed E-state index contributed by atoms with van der Waals surface area (Å²) in [5, 5.41) is 4.60. The third kappa shape index (κ3) is 4.12. The van der Waals surface area contributed by atoms with Gasteiger partial charge in [0, 0.05) is 5.56 Å². The number of methoxy groups -OCH3 is 1. The lowest BCUT2D eigenvalue weighted by molar-refractivity contribution is -0.137. The Morgan fingerprint density at radius 3 is 2.53 bits per heavy atom. The molecule has 0 aliphatic heterocycles. The van der Waals surface area contributed by atoms with Crippen LogP contribution < -0.4 is 10.3 Å². The van der Waals surface area contributed by atoms with Gasteiger partial charge in [-0.05, 0) is 60.5 Å². The molecule has 0 spiro atoms. The molecule has 0 atom stereocenters. The second-order valence-electron chi connectivity index (χ2n) is 7.12. The van der Waals surface area contributed by atoms with Gasteiger partial charge in [0.25, 0.3) is 5.56 Å². The van der Waals surface area contributed by atoms with Crippen LogP contribution in [-0.4, -0.2) is 23.0 Å². The van der Waals surface area contributed by atoms with Crippen molar-refractivity contribution in [2.45, 2.75) is 13.1 Å². The third-order valence-electron chi connectivity index (χ3n) is 4.94. The Hall–Kier alpha value is -3.94. The highest BCUT2D eigenvalue weighted by molar-refractivity contribution is 5.82. The van der Waals surface area contributed by atoms with Crippen molar-refractivity contribution in [3.8, 4) is 17.1 Å². The molecule has 1 aromatic heterocycles. The Balaban J connectivity index is 1.91. The van der Waals surface area contributed by atoms with Gasteiger partial charge in [0.15, 0.2) is 5.82 Å². The van der Waals surface area contributed by atoms with E-state index < -0.39 is 17.3 Å². The van der Waals surface area contributed by atoms with Crippen LogP contribution in [0.4, 0.5) is 13.2 Å². The van der Waals surface area contributed by atoms with Crippen molar-refractivity contribution in [2.24, 2.45) is 5.10 Å². The van der Waals surface area contributed by atoms with Crippen LogP contribution in [0.5, 0.6) is 5.75 Å². The number of hydrogen-bond donors (Lipinski definition) is 0. The molecule has 0 saturated carbocycles. The molecule has 0 amide bonds. The standard InChI is InChI=1S/C24H18F3N3O2/c1-15-12-16(10-11-21(15)32-2)14-28-30-22(17-6-5-7-18(13-17)24(25,26)27)29-20-9-4-3-8-19(20)23(30)31/h3-14H,1-2H3. The Bertz CT molecular complexity index is 1390. The van der Waals surface area contributed by atoms with Gasteiger partial charge in [-0.3, -0.25) is 4.79 Å². The summed E-state index contributed by atoms with van der Waals surface area (Å²) in [6.07, 6.45) is -3.07. The highest BCUT2D eigenvalue weighted by atomic mass is 19.4. The van der Waals surface area contributed by atoms with E-state index in [1.54, 1.807) is 43.5 Å². The lowest BCUT2D eigenvalue weighted by Crippen LogP contribution is -2.20. The molecule has 0 N–H and O–H groups in total. The first-order chi connectivity index (χ1) is 15.3. The zero-order valence-corrected chi connectivity index (χ0v) is 17.2. The van der Waals surface area contributed by atoms with Gasteiger partial charge in [-0.25, -0.2) is 4.98 Å². The van der Waals surface area contributed by atoms with Crippen molar-refractivity contribution >= 4 is 17.1 Å². The van der Waals surface area contributed by atoms with Crippen molar-refractivity contribution in [2.75, 3.05) is 7.11 Å². The minimum atomic E-state index is -4.53. The van der Waals surface area contributed by atoms with Crippen LogP contribution in [0.15, 0.2) is 76.6 Å². The number of ether oxygens (including phenoxy) is 1. The second-order valence-corrected chi connectivity index (χ2v) is 7.12. The number of fused-ring (bicyclic) bond motifs is 1. The molecule has 162 valence electrons. The molecule has 0 unspecified atom stereocenters. The van der Waals surface area contributed by atoms with Crippen LogP contribution >= 0.6 is 0 Å². The van der Waals surface area contributed by atoms with Gasteiger partial charge in [-0.15, -0.1) is 0 Å². The van der Waals surface area contributed by atoms with Crippen LogP contribution in [0.2, 0.25) is 0 Å². The molecule has 0 fully saturated rings. The lowest BCUT2D eigenvalue weighted by Gasteiger charge is -2.12. The Labute approximate surface area is 181 Å². The first-order valence-electron chi connectivity index (χ1n) is 9.66. The number of hydrogen-bond acceptors (Lipinski definition) is 4. The van der Waals surface area contributed by atoms with Crippen LogP contribution in [-0.2, 0) is 6.18 Å². The second kappa shape index (κ2) is 8.30. The zero-order chi connectivity index (χ0) is 22.9. The summed E-state index contributed by atoms with van der Waals surface area (Å²) in [4.78, 5) is 17.6. The number of nitrogens with zero attached hydrogens (tertiary/aromatic N) is 3. The summed E-state index contributed by atoms with van der Waals surface area (Å²) in [6, 6.07) is 16.7. The molecule has 8 heteroatoms. The first kappa shape index (κ1) is 21.3. The Kier molecular flexibility index (Phi) is 5.52. The third-order valence-corrected chi connectivity index (χ3v) is 4.94. The average molecular weight is 437 g/mol. The number of rotatable bonds is 4. The van der Waals surface area contributed by atoms with Crippen molar-refractivity contribution in [3.05, 3.63) is 93.8 Å². The van der Waals surface area contributed by atoms with E-state index in [9.17, 15) is 18.0 Å². The maximum Gasteiger partial charge on any atom is 0.416 e. The van der Waals surface area contributed by atoms with E-state index in [0.29, 0.717) is 22.2 Å². The molecule has 4 rings (SSSR count). The number of benzene rings is 3. The minimum Gasteiger partial charge on any atom is -0.496 e. The van der Waals surface area contributed by atoms with Gasteiger partial charge < -0.3 is 4.74 Å². The van der Waals surface area contributed by atoms with Gasteiger partial charge >= 0.3 is 6.18 Å². The van der Waals surface area contributed by atoms with Crippen LogP contribution in [0.25, 0.3) is 22.3 Å². The van der Waals surface area contributed by atoms with Gasteiger partial charge in [-0.2, -0.15) is 22.9 Å². The topological polar surface area (TPSA) is 56.5 Å². The normalized spacial score (nSPS) is 11.9. The predicted octanol–water partition coefficient (Wildman–Crippen LogP) is 5.28. The molecule has 0 saturated heterocycles. The highest BCUT2D eigenvalue weighted by Crippen LogP contribution is 2.32. The van der Waals surface area contributed by atoms with Gasteiger partial charge in [-0.1, -0.05) is 24.3 Å². The molecule has 0 aliphatic rings. The van der Waals surface area contributed by atoms with E-state index in [1.165, 1.54) is 18.3 Å². The fourth-order valence-corrected chi connectivity index (χ4v) is 3.36. The van der Waals surface area contributed by atoms with Gasteiger partial charge in [0.1, 0.15) is 5.75 Å². The van der Waals surface area contributed by atoms with E-state index in [2.05, 4.69) is 10.1 Å². The molecular weight excluding hydrogens is 419 g/mol. The number of halogens is 3. The van der Waals surface area contributed by atoms with E-state index in [0.717, 1.165) is 22.4 Å². The quantitative estimate of drug-likeness (QED) is 0.408. The fourth-order valence-electron chi connectivity index (χ4n) is 3.36. The van der Waals surface area contributed by atoms with Crippen LogP contribution in [0.1, 0.15) is 16.7 Å². The van der Waals surface area contributed by atoms with Crippen molar-refractivity contribution in [1.29, 1.82) is 0 Å². The molecule has 5 nitrogen and oxygen atoms in total. The number of aromatic nitrogens is 2. The maximum absolute atomic E-state index is 13.3. The Morgan fingerprint density at radius 2 is 1.81 bits per heavy atom. The SMILES string of the molecule is COc1ccc(C=Nn2c(-c3cccc(C(F)(F)F)c3)nc3ccccc3c2=O)cc1C. The van der Waals surface area contributed by atoms with Crippen molar-refractivity contribution < 1.29 is 17.9 Å². The van der Waals surface area contributed by atoms with E-state index >= 15 is 0 Å². The summed E-state index contributed by atoms with van der Waals surface area (Å²) in [5.41, 5.74) is 0.752. The predicted molar refractivity (Wildman–Crippen MR) is 117 cm³/mol. The monoisotopic (exact) mass is 437 g/mol. The average Bonchev–Trinajstić information content (AvgIpc) is 2.78. The molecular formula is C24H18F3N3O2. The molecule has 3 aromatic carbocycles. The summed E-state index contributed by atoms with van der Waals surface area (Å²) in [6.45, 7) is 1.87. The highest BCUT2D eigenvalue weighted by Gasteiger charge is 2.30. The molecule has 4 aromatic rings. The fraction of sp³-hybridized carbons (Fsp3) is 0.125. The molecule has 32 heavy (non-hydrogen) atoms. The molecule has 0 bridgehead atoms. The molecule has 0 radical (unpaired) electrons. The summed E-state index contributed by atoms with van der Waals surface area (Å²) in [7, 11) is 1.57. The lowest BCUT2D eigenvalue weighted by atomic mass is 10.1. The van der Waals surface area contributed by atoms with Gasteiger partial charge in [0.2, 0.25) is 0 Å². The van der Waals surface area contributed by atoms with Crippen LogP contribution in [0, 0.1) is 6.92 Å². The van der Waals surface area contributed by atoms with E-state index in [4.69, 9.17) is 4.74 Å². The number of alkyl halides is 3. The summed E-state index contributed by atoms with van der Waals surface area (Å²) < 4.78 is 46.0. The van der Waals surface area contributed by atoms with Gasteiger partial charge in [0.05, 0.1) is 29.8 Å². The van der Waals surface area contributed by atoms with Crippen molar-refractivity contribution in [3.63, 3.8) is 0 Å². The summed E-state index contributed by atoms with van der Waals surface area (Å²) >= 11 is 0. The zero-order valence-electron chi connectivity index (χ0n) is 17.2. The number of para-hydroxylation sites is 1. The number of aryl methyl sites for hydroxylation is 1. The van der Waals surface area contributed by atoms with Crippen LogP contribution in [0.3, 0.4) is 0 Å². The summed E-state index contributed by atoms with van der Waals surface area (Å²) in [5.74, 6) is 0.720. The van der Waals surface area contributed by atoms with E-state index in [1.807, 2.05) is 13.0 Å². The smallest absolute Gasteiger partial charge is 0.416 e. The van der Waals surface area contributed by atoms with E-state index in [-0.39, 0.29) is 11.4 Å². The Morgan fingerprint density at radius 1 is 1.03 bits per heavy atom. The molecule has 1 heterocycles. The first-order valence-corrected chi connectivity index (χ1v) is 9.66. The maximum atomic E-state index is 13.3. The van der Waals surface area contributed by atoms with Crippen molar-refractivity contribution in [1.82, 2.24) is 9.66 Å². The minimum absolute atomic E-state index is 0.0151. The largest absolute Gasteiger partial charge is 0.496 e. The molecule has 0 aliphatic carbocycles.